The molecule has 0 saturated carbocycles. The van der Waals surface area contributed by atoms with E-state index in [4.69, 9.17) is 4.74 Å². The summed E-state index contributed by atoms with van der Waals surface area (Å²) in [6.45, 7) is 6.18. The van der Waals surface area contributed by atoms with Crippen molar-refractivity contribution in [1.29, 1.82) is 0 Å². The number of imidazole rings is 1. The normalized spacial score (nSPS) is 25.4. The van der Waals surface area contributed by atoms with Crippen molar-refractivity contribution in [1.82, 2.24) is 14.9 Å². The number of ether oxygens (including phenoxy) is 1. The first-order valence-corrected chi connectivity index (χ1v) is 6.48. The van der Waals surface area contributed by atoms with Gasteiger partial charge in [-0.2, -0.15) is 0 Å². The van der Waals surface area contributed by atoms with Crippen LogP contribution in [0, 0.1) is 5.92 Å². The Balaban J connectivity index is 1.81. The highest BCUT2D eigenvalue weighted by molar-refractivity contribution is 4.91. The summed E-state index contributed by atoms with van der Waals surface area (Å²) in [5.41, 5.74) is 0. The Kier molecular flexibility index (Phi) is 4.18. The average Bonchev–Trinajstić information content (AvgIpc) is 2.72. The molecular formula is C13H23N3O. The van der Waals surface area contributed by atoms with E-state index < -0.39 is 0 Å². The third-order valence-electron chi connectivity index (χ3n) is 3.53. The third-order valence-corrected chi connectivity index (χ3v) is 3.53. The van der Waals surface area contributed by atoms with Crippen LogP contribution in [0.1, 0.15) is 32.5 Å². The number of hydrogen-bond acceptors (Lipinski definition) is 3. The molecule has 2 atom stereocenters. The average molecular weight is 237 g/mol. The van der Waals surface area contributed by atoms with Gasteiger partial charge in [0.2, 0.25) is 0 Å². The van der Waals surface area contributed by atoms with Crippen LogP contribution in [0.5, 0.6) is 0 Å². The molecule has 17 heavy (non-hydrogen) atoms. The van der Waals surface area contributed by atoms with E-state index in [0.717, 1.165) is 31.8 Å². The van der Waals surface area contributed by atoms with E-state index in [1.165, 1.54) is 0 Å². The molecule has 0 amide bonds. The standard InChI is InChI=1S/C13H23N3O/c1-10(2)12-8-11(4-7-17-12)15-9-13-14-5-6-16(13)3/h5-6,10-12,15H,4,7-9H2,1-3H3. The molecule has 1 fully saturated rings. The topological polar surface area (TPSA) is 39.1 Å². The molecule has 2 heterocycles. The van der Waals surface area contributed by atoms with Gasteiger partial charge in [0.1, 0.15) is 5.82 Å². The van der Waals surface area contributed by atoms with Gasteiger partial charge in [0.05, 0.1) is 12.6 Å². The first-order chi connectivity index (χ1) is 8.16. The fourth-order valence-corrected chi connectivity index (χ4v) is 2.28. The van der Waals surface area contributed by atoms with Gasteiger partial charge in [-0.15, -0.1) is 0 Å². The Morgan fingerprint density at radius 2 is 2.41 bits per heavy atom. The summed E-state index contributed by atoms with van der Waals surface area (Å²) in [6, 6.07) is 0.563. The summed E-state index contributed by atoms with van der Waals surface area (Å²) in [5, 5.41) is 3.59. The maximum Gasteiger partial charge on any atom is 0.122 e. The second kappa shape index (κ2) is 5.65. The van der Waals surface area contributed by atoms with E-state index in [1.807, 2.05) is 19.4 Å². The van der Waals surface area contributed by atoms with Crippen molar-refractivity contribution >= 4 is 0 Å². The SMILES string of the molecule is CC(C)C1CC(NCc2nccn2C)CCO1. The molecule has 1 aromatic heterocycles. The van der Waals surface area contributed by atoms with Gasteiger partial charge in [-0.25, -0.2) is 4.98 Å². The number of hydrogen-bond donors (Lipinski definition) is 1. The molecule has 1 aliphatic heterocycles. The summed E-state index contributed by atoms with van der Waals surface area (Å²) in [5.74, 6) is 1.70. The maximum atomic E-state index is 5.77. The third kappa shape index (κ3) is 3.30. The van der Waals surface area contributed by atoms with Crippen molar-refractivity contribution < 1.29 is 4.74 Å². The van der Waals surface area contributed by atoms with Crippen molar-refractivity contribution in [3.8, 4) is 0 Å². The van der Waals surface area contributed by atoms with E-state index in [2.05, 4.69) is 28.7 Å². The van der Waals surface area contributed by atoms with Gasteiger partial charge in [-0.1, -0.05) is 13.8 Å². The zero-order chi connectivity index (χ0) is 12.3. The van der Waals surface area contributed by atoms with Gasteiger partial charge in [0.25, 0.3) is 0 Å². The number of nitrogens with one attached hydrogen (secondary N) is 1. The number of aromatic nitrogens is 2. The molecule has 4 heteroatoms. The lowest BCUT2D eigenvalue weighted by molar-refractivity contribution is -0.0246. The smallest absolute Gasteiger partial charge is 0.122 e. The van der Waals surface area contributed by atoms with Crippen LogP contribution < -0.4 is 5.32 Å². The predicted molar refractivity (Wildman–Crippen MR) is 67.6 cm³/mol. The van der Waals surface area contributed by atoms with Crippen LogP contribution in [0.2, 0.25) is 0 Å². The minimum Gasteiger partial charge on any atom is -0.378 e. The summed E-state index contributed by atoms with van der Waals surface area (Å²) in [6.07, 6.45) is 6.45. The van der Waals surface area contributed by atoms with Gasteiger partial charge >= 0.3 is 0 Å². The highest BCUT2D eigenvalue weighted by Gasteiger charge is 2.24. The number of nitrogens with zero attached hydrogens (tertiary/aromatic N) is 2. The van der Waals surface area contributed by atoms with Crippen LogP contribution in [-0.4, -0.2) is 28.3 Å². The van der Waals surface area contributed by atoms with Gasteiger partial charge in [0.15, 0.2) is 0 Å². The monoisotopic (exact) mass is 237 g/mol. The molecule has 2 rings (SSSR count). The fraction of sp³-hybridized carbons (Fsp3) is 0.769. The molecule has 1 N–H and O–H groups in total. The van der Waals surface area contributed by atoms with Gasteiger partial charge in [-0.05, 0) is 18.8 Å². The van der Waals surface area contributed by atoms with E-state index >= 15 is 0 Å². The van der Waals surface area contributed by atoms with Crippen molar-refractivity contribution in [3.05, 3.63) is 18.2 Å². The van der Waals surface area contributed by atoms with Crippen LogP contribution in [0.15, 0.2) is 12.4 Å². The zero-order valence-electron chi connectivity index (χ0n) is 11.0. The molecule has 96 valence electrons. The largest absolute Gasteiger partial charge is 0.378 e. The van der Waals surface area contributed by atoms with Crippen LogP contribution in [0.25, 0.3) is 0 Å². The van der Waals surface area contributed by atoms with Crippen LogP contribution >= 0.6 is 0 Å². The molecule has 0 aliphatic carbocycles. The first-order valence-electron chi connectivity index (χ1n) is 6.48. The molecule has 0 bridgehead atoms. The fourth-order valence-electron chi connectivity index (χ4n) is 2.28. The molecule has 1 saturated heterocycles. The minimum absolute atomic E-state index is 0.405. The molecule has 0 spiro atoms. The molecule has 1 aliphatic rings. The van der Waals surface area contributed by atoms with E-state index in [0.29, 0.717) is 18.1 Å². The molecule has 0 aromatic carbocycles. The van der Waals surface area contributed by atoms with Crippen molar-refractivity contribution in [2.45, 2.75) is 45.4 Å². The Labute approximate surface area is 103 Å². The van der Waals surface area contributed by atoms with Crippen LogP contribution in [0.3, 0.4) is 0 Å². The van der Waals surface area contributed by atoms with E-state index in [-0.39, 0.29) is 0 Å². The van der Waals surface area contributed by atoms with E-state index in [9.17, 15) is 0 Å². The number of rotatable bonds is 4. The lowest BCUT2D eigenvalue weighted by Crippen LogP contribution is -2.40. The second-order valence-corrected chi connectivity index (χ2v) is 5.21. The van der Waals surface area contributed by atoms with Gasteiger partial charge in [0, 0.05) is 32.1 Å². The quantitative estimate of drug-likeness (QED) is 0.866. The van der Waals surface area contributed by atoms with Crippen LogP contribution in [0.4, 0.5) is 0 Å². The Hall–Kier alpha value is -0.870. The molecule has 1 aromatic rings. The zero-order valence-corrected chi connectivity index (χ0v) is 11.0. The molecule has 0 radical (unpaired) electrons. The maximum absolute atomic E-state index is 5.77. The molecule has 2 unspecified atom stereocenters. The summed E-state index contributed by atoms with van der Waals surface area (Å²) < 4.78 is 7.83. The van der Waals surface area contributed by atoms with Crippen molar-refractivity contribution in [2.24, 2.45) is 13.0 Å². The van der Waals surface area contributed by atoms with E-state index in [1.54, 1.807) is 0 Å². The Morgan fingerprint density at radius 1 is 1.59 bits per heavy atom. The summed E-state index contributed by atoms with van der Waals surface area (Å²) >= 11 is 0. The van der Waals surface area contributed by atoms with Gasteiger partial charge < -0.3 is 14.6 Å². The van der Waals surface area contributed by atoms with Crippen LogP contribution in [-0.2, 0) is 18.3 Å². The lowest BCUT2D eigenvalue weighted by atomic mass is 9.95. The first kappa shape index (κ1) is 12.6. The summed E-state index contributed by atoms with van der Waals surface area (Å²) in [7, 11) is 2.03. The lowest BCUT2D eigenvalue weighted by Gasteiger charge is -2.32. The highest BCUT2D eigenvalue weighted by atomic mass is 16.5. The Bertz CT molecular complexity index is 348. The second-order valence-electron chi connectivity index (χ2n) is 5.21. The van der Waals surface area contributed by atoms with Gasteiger partial charge in [-0.3, -0.25) is 0 Å². The minimum atomic E-state index is 0.405. The summed E-state index contributed by atoms with van der Waals surface area (Å²) in [4.78, 5) is 4.32. The molecule has 4 nitrogen and oxygen atoms in total. The van der Waals surface area contributed by atoms with Crippen molar-refractivity contribution in [2.75, 3.05) is 6.61 Å². The Morgan fingerprint density at radius 3 is 3.06 bits per heavy atom. The number of aryl methyl sites for hydroxylation is 1. The molecular weight excluding hydrogens is 214 g/mol. The van der Waals surface area contributed by atoms with Crippen molar-refractivity contribution in [3.63, 3.8) is 0 Å². The predicted octanol–water partition coefficient (Wildman–Crippen LogP) is 1.71. The highest BCUT2D eigenvalue weighted by Crippen LogP contribution is 2.20.